The molecule has 104 valence electrons. The molecule has 0 aliphatic rings. The lowest BCUT2D eigenvalue weighted by Gasteiger charge is -2.12. The molecule has 0 saturated carbocycles. The van der Waals surface area contributed by atoms with Crippen LogP contribution in [0.25, 0.3) is 0 Å². The first-order chi connectivity index (χ1) is 8.94. The van der Waals surface area contributed by atoms with Gasteiger partial charge < -0.3 is 9.52 Å². The number of hydrogen-bond donors (Lipinski definition) is 2. The van der Waals surface area contributed by atoms with E-state index in [0.29, 0.717) is 10.6 Å². The van der Waals surface area contributed by atoms with Gasteiger partial charge in [0.1, 0.15) is 11.5 Å². The zero-order chi connectivity index (χ0) is 14.0. The van der Waals surface area contributed by atoms with E-state index in [2.05, 4.69) is 4.72 Å². The number of furan rings is 1. The summed E-state index contributed by atoms with van der Waals surface area (Å²) in [6, 6.07) is 4.54. The van der Waals surface area contributed by atoms with Gasteiger partial charge in [-0.1, -0.05) is 0 Å². The van der Waals surface area contributed by atoms with Crippen molar-refractivity contribution in [1.82, 2.24) is 4.72 Å². The van der Waals surface area contributed by atoms with Crippen LogP contribution in [0.15, 0.2) is 32.9 Å². The molecule has 7 heteroatoms. The summed E-state index contributed by atoms with van der Waals surface area (Å²) in [5.74, 6) is 1.29. The van der Waals surface area contributed by atoms with Gasteiger partial charge in [-0.3, -0.25) is 0 Å². The van der Waals surface area contributed by atoms with Gasteiger partial charge in [-0.25, -0.2) is 13.1 Å². The number of rotatable bonds is 5. The minimum absolute atomic E-state index is 0.120. The molecule has 0 amide bonds. The molecule has 2 rings (SSSR count). The third kappa shape index (κ3) is 3.06. The van der Waals surface area contributed by atoms with Crippen LogP contribution in [0.3, 0.4) is 0 Å². The Morgan fingerprint density at radius 3 is 2.74 bits per heavy atom. The van der Waals surface area contributed by atoms with E-state index in [1.165, 1.54) is 17.4 Å². The summed E-state index contributed by atoms with van der Waals surface area (Å²) < 4.78 is 32.3. The second-order valence-corrected chi connectivity index (χ2v) is 6.84. The Morgan fingerprint density at radius 2 is 2.16 bits per heavy atom. The number of aliphatic hydroxyl groups excluding tert-OH is 1. The maximum absolute atomic E-state index is 12.2. The molecule has 2 N–H and O–H groups in total. The summed E-state index contributed by atoms with van der Waals surface area (Å²) in [6.45, 7) is 3.22. The van der Waals surface area contributed by atoms with Crippen LogP contribution in [0, 0.1) is 6.92 Å². The SMILES string of the molecule is Cc1ccc(C(C)NS(=O)(=O)c2ccsc2CO)o1. The van der Waals surface area contributed by atoms with Crippen molar-refractivity contribution >= 4 is 21.4 Å². The molecule has 1 atom stereocenters. The predicted molar refractivity (Wildman–Crippen MR) is 72.4 cm³/mol. The minimum atomic E-state index is -3.66. The smallest absolute Gasteiger partial charge is 0.242 e. The van der Waals surface area contributed by atoms with E-state index < -0.39 is 16.1 Å². The Hall–Kier alpha value is -1.15. The van der Waals surface area contributed by atoms with E-state index in [4.69, 9.17) is 9.52 Å². The molecule has 5 nitrogen and oxygen atoms in total. The van der Waals surface area contributed by atoms with Gasteiger partial charge in [0, 0.05) is 4.88 Å². The lowest BCUT2D eigenvalue weighted by Crippen LogP contribution is -2.27. The van der Waals surface area contributed by atoms with E-state index in [1.807, 2.05) is 0 Å². The second-order valence-electron chi connectivity index (χ2n) is 4.16. The van der Waals surface area contributed by atoms with Crippen LogP contribution in [-0.4, -0.2) is 13.5 Å². The molecule has 0 aromatic carbocycles. The maximum atomic E-state index is 12.2. The lowest BCUT2D eigenvalue weighted by atomic mass is 10.3. The minimum Gasteiger partial charge on any atom is -0.465 e. The van der Waals surface area contributed by atoms with Crippen molar-refractivity contribution < 1.29 is 17.9 Å². The van der Waals surface area contributed by atoms with Gasteiger partial charge in [0.2, 0.25) is 10.0 Å². The quantitative estimate of drug-likeness (QED) is 0.887. The van der Waals surface area contributed by atoms with Gasteiger partial charge in [-0.15, -0.1) is 11.3 Å². The number of sulfonamides is 1. The molecule has 0 spiro atoms. The van der Waals surface area contributed by atoms with Crippen molar-refractivity contribution in [2.75, 3.05) is 0 Å². The van der Waals surface area contributed by atoms with Crippen LogP contribution in [0.1, 0.15) is 29.4 Å². The molecule has 2 aromatic rings. The lowest BCUT2D eigenvalue weighted by molar-refractivity contribution is 0.282. The Morgan fingerprint density at radius 1 is 1.42 bits per heavy atom. The number of aliphatic hydroxyl groups is 1. The van der Waals surface area contributed by atoms with E-state index >= 15 is 0 Å². The monoisotopic (exact) mass is 301 g/mol. The largest absolute Gasteiger partial charge is 0.465 e. The van der Waals surface area contributed by atoms with Gasteiger partial charge in [0.05, 0.1) is 17.5 Å². The van der Waals surface area contributed by atoms with Gasteiger partial charge in [0.25, 0.3) is 0 Å². The van der Waals surface area contributed by atoms with E-state index in [0.717, 1.165) is 5.76 Å². The summed E-state index contributed by atoms with van der Waals surface area (Å²) >= 11 is 1.21. The van der Waals surface area contributed by atoms with Gasteiger partial charge in [-0.05, 0) is 37.4 Å². The van der Waals surface area contributed by atoms with Crippen molar-refractivity contribution in [3.63, 3.8) is 0 Å². The van der Waals surface area contributed by atoms with Crippen LogP contribution in [-0.2, 0) is 16.6 Å². The Labute approximate surface area is 115 Å². The highest BCUT2D eigenvalue weighted by molar-refractivity contribution is 7.89. The third-order valence-electron chi connectivity index (χ3n) is 2.66. The summed E-state index contributed by atoms with van der Waals surface area (Å²) in [5.41, 5.74) is 0. The topological polar surface area (TPSA) is 79.5 Å². The second kappa shape index (κ2) is 5.46. The van der Waals surface area contributed by atoms with Crippen LogP contribution >= 0.6 is 11.3 Å². The number of hydrogen-bond acceptors (Lipinski definition) is 5. The van der Waals surface area contributed by atoms with Gasteiger partial charge in [0.15, 0.2) is 0 Å². The number of aryl methyl sites for hydroxylation is 1. The van der Waals surface area contributed by atoms with Crippen molar-refractivity contribution in [1.29, 1.82) is 0 Å². The molecule has 19 heavy (non-hydrogen) atoms. The Kier molecular flexibility index (Phi) is 4.10. The molecule has 0 fully saturated rings. The third-order valence-corrected chi connectivity index (χ3v) is 5.32. The summed E-state index contributed by atoms with van der Waals surface area (Å²) in [4.78, 5) is 0.547. The molecule has 0 aliphatic carbocycles. The number of thiophene rings is 1. The molecule has 0 saturated heterocycles. The van der Waals surface area contributed by atoms with Crippen LogP contribution in [0.2, 0.25) is 0 Å². The number of nitrogens with one attached hydrogen (secondary N) is 1. The zero-order valence-electron chi connectivity index (χ0n) is 10.6. The fourth-order valence-electron chi connectivity index (χ4n) is 1.72. The van der Waals surface area contributed by atoms with Crippen molar-refractivity contribution in [2.24, 2.45) is 0 Å². The molecular weight excluding hydrogens is 286 g/mol. The van der Waals surface area contributed by atoms with Gasteiger partial charge >= 0.3 is 0 Å². The fourth-order valence-corrected chi connectivity index (χ4v) is 4.23. The summed E-state index contributed by atoms with van der Waals surface area (Å²) in [6.07, 6.45) is 0. The van der Waals surface area contributed by atoms with Crippen LogP contribution < -0.4 is 4.72 Å². The molecule has 0 bridgehead atoms. The highest BCUT2D eigenvalue weighted by Gasteiger charge is 2.23. The average Bonchev–Trinajstić information content (AvgIpc) is 2.96. The molecular formula is C12H15NO4S2. The van der Waals surface area contributed by atoms with Crippen molar-refractivity contribution in [3.8, 4) is 0 Å². The fraction of sp³-hybridized carbons (Fsp3) is 0.333. The average molecular weight is 301 g/mol. The van der Waals surface area contributed by atoms with E-state index in [9.17, 15) is 8.42 Å². The van der Waals surface area contributed by atoms with E-state index in [1.54, 1.807) is 31.4 Å². The Balaban J connectivity index is 2.22. The highest BCUT2D eigenvalue weighted by atomic mass is 32.2. The molecule has 0 aliphatic heterocycles. The zero-order valence-corrected chi connectivity index (χ0v) is 12.2. The summed E-state index contributed by atoms with van der Waals surface area (Å²) in [5, 5.41) is 10.8. The standard InChI is InChI=1S/C12H15NO4S2/c1-8-3-4-10(17-8)9(2)13-19(15,16)12-5-6-18-11(12)7-14/h3-6,9,13-14H,7H2,1-2H3. The molecule has 2 aromatic heterocycles. The first-order valence-corrected chi connectivity index (χ1v) is 8.06. The maximum Gasteiger partial charge on any atom is 0.242 e. The van der Waals surface area contributed by atoms with E-state index in [-0.39, 0.29) is 11.5 Å². The predicted octanol–water partition coefficient (Wildman–Crippen LogP) is 2.18. The van der Waals surface area contributed by atoms with Crippen LogP contribution in [0.4, 0.5) is 0 Å². The molecule has 0 radical (unpaired) electrons. The first-order valence-electron chi connectivity index (χ1n) is 5.70. The normalized spacial score (nSPS) is 13.6. The molecule has 1 unspecified atom stereocenters. The highest BCUT2D eigenvalue weighted by Crippen LogP contribution is 2.24. The van der Waals surface area contributed by atoms with Gasteiger partial charge in [-0.2, -0.15) is 0 Å². The van der Waals surface area contributed by atoms with Crippen molar-refractivity contribution in [2.45, 2.75) is 31.4 Å². The molecule has 2 heterocycles. The van der Waals surface area contributed by atoms with Crippen LogP contribution in [0.5, 0.6) is 0 Å². The van der Waals surface area contributed by atoms with Crippen molar-refractivity contribution in [3.05, 3.63) is 40.0 Å². The first kappa shape index (κ1) is 14.3. The summed E-state index contributed by atoms with van der Waals surface area (Å²) in [7, 11) is -3.66. The Bertz CT molecular complexity index is 657.